The number of hydrogen-bond acceptors (Lipinski definition) is 2. The first-order valence-corrected chi connectivity index (χ1v) is 4.03. The highest BCUT2D eigenvalue weighted by Gasteiger charge is 2.14. The molecule has 0 saturated carbocycles. The summed E-state index contributed by atoms with van der Waals surface area (Å²) in [7, 11) is 0. The molecule has 64 valence electrons. The van der Waals surface area contributed by atoms with E-state index in [-0.39, 0.29) is 11.9 Å². The smallest absolute Gasteiger partial charge is 0.309 e. The molecule has 0 aromatic carbocycles. The second kappa shape index (κ2) is 5.96. The Labute approximate surface area is 68.2 Å². The summed E-state index contributed by atoms with van der Waals surface area (Å²) in [5.41, 5.74) is 0. The topological polar surface area (TPSA) is 26.3 Å². The van der Waals surface area contributed by atoms with Crippen molar-refractivity contribution in [1.29, 1.82) is 0 Å². The summed E-state index contributed by atoms with van der Waals surface area (Å²) in [5, 5.41) is 0. The molecule has 2 heteroatoms. The van der Waals surface area contributed by atoms with Crippen molar-refractivity contribution in [1.82, 2.24) is 0 Å². The van der Waals surface area contributed by atoms with Crippen LogP contribution in [0, 0.1) is 5.92 Å². The van der Waals surface area contributed by atoms with E-state index in [1.165, 1.54) is 0 Å². The molecule has 0 aromatic heterocycles. The summed E-state index contributed by atoms with van der Waals surface area (Å²) in [5.74, 6) is -0.0372. The van der Waals surface area contributed by atoms with E-state index in [9.17, 15) is 4.79 Å². The molecule has 0 atom stereocenters. The Morgan fingerprint density at radius 2 is 2.09 bits per heavy atom. The zero-order chi connectivity index (χ0) is 8.69. The second-order valence-electron chi connectivity index (χ2n) is 2.43. The number of hydrogen-bond donors (Lipinski definition) is 0. The van der Waals surface area contributed by atoms with Gasteiger partial charge in [0.1, 0.15) is 6.61 Å². The van der Waals surface area contributed by atoms with Crippen LogP contribution in [0.4, 0.5) is 0 Å². The Morgan fingerprint density at radius 3 is 2.45 bits per heavy atom. The Balaban J connectivity index is 3.69. The van der Waals surface area contributed by atoms with Crippen LogP contribution >= 0.6 is 0 Å². The maximum atomic E-state index is 11.1. The molecule has 0 rings (SSSR count). The standard InChI is InChI=1S/C9H16O2/c1-4-7-11-9(10)8(5-2)6-3/h4,8H,1,5-7H2,2-3H3. The predicted octanol–water partition coefficient (Wildman–Crippen LogP) is 2.15. The molecular formula is C9H16O2. The van der Waals surface area contributed by atoms with E-state index >= 15 is 0 Å². The predicted molar refractivity (Wildman–Crippen MR) is 45.2 cm³/mol. The minimum Gasteiger partial charge on any atom is -0.461 e. The van der Waals surface area contributed by atoms with Crippen molar-refractivity contribution in [3.63, 3.8) is 0 Å². The van der Waals surface area contributed by atoms with Gasteiger partial charge >= 0.3 is 5.97 Å². The molecule has 11 heavy (non-hydrogen) atoms. The summed E-state index contributed by atoms with van der Waals surface area (Å²) >= 11 is 0. The molecule has 0 aliphatic heterocycles. The molecule has 0 N–H and O–H groups in total. The first-order valence-electron chi connectivity index (χ1n) is 4.03. The Bertz CT molecular complexity index is 126. The highest BCUT2D eigenvalue weighted by molar-refractivity contribution is 5.72. The van der Waals surface area contributed by atoms with Crippen LogP contribution in [0.15, 0.2) is 12.7 Å². The van der Waals surface area contributed by atoms with E-state index in [1.807, 2.05) is 13.8 Å². The second-order valence-corrected chi connectivity index (χ2v) is 2.43. The zero-order valence-electron chi connectivity index (χ0n) is 7.30. The molecule has 0 fully saturated rings. The lowest BCUT2D eigenvalue weighted by atomic mass is 10.0. The molecule has 0 heterocycles. The van der Waals surface area contributed by atoms with Crippen molar-refractivity contribution >= 4 is 5.97 Å². The normalized spacial score (nSPS) is 9.73. The first-order chi connectivity index (χ1) is 5.26. The Morgan fingerprint density at radius 1 is 1.55 bits per heavy atom. The lowest BCUT2D eigenvalue weighted by molar-refractivity contribution is -0.147. The van der Waals surface area contributed by atoms with Gasteiger partial charge in [-0.15, -0.1) is 0 Å². The van der Waals surface area contributed by atoms with Crippen molar-refractivity contribution < 1.29 is 9.53 Å². The summed E-state index contributed by atoms with van der Waals surface area (Å²) < 4.78 is 4.88. The SMILES string of the molecule is C=CCOC(=O)C(CC)CC. The van der Waals surface area contributed by atoms with Crippen LogP contribution in [-0.4, -0.2) is 12.6 Å². The van der Waals surface area contributed by atoms with Gasteiger partial charge in [-0.1, -0.05) is 26.5 Å². The van der Waals surface area contributed by atoms with E-state index in [0.717, 1.165) is 12.8 Å². The number of carbonyl (C=O) groups is 1. The average Bonchev–Trinajstić information content (AvgIpc) is 2.03. The fourth-order valence-electron chi connectivity index (χ4n) is 0.881. The van der Waals surface area contributed by atoms with Gasteiger partial charge in [-0.2, -0.15) is 0 Å². The van der Waals surface area contributed by atoms with Crippen LogP contribution in [0.25, 0.3) is 0 Å². The van der Waals surface area contributed by atoms with E-state index in [0.29, 0.717) is 6.61 Å². The minimum atomic E-state index is -0.102. The molecule has 0 radical (unpaired) electrons. The van der Waals surface area contributed by atoms with E-state index in [1.54, 1.807) is 6.08 Å². The van der Waals surface area contributed by atoms with Gasteiger partial charge < -0.3 is 4.74 Å². The highest BCUT2D eigenvalue weighted by Crippen LogP contribution is 2.08. The molecule has 0 spiro atoms. The molecule has 2 nitrogen and oxygen atoms in total. The highest BCUT2D eigenvalue weighted by atomic mass is 16.5. The maximum absolute atomic E-state index is 11.1. The van der Waals surface area contributed by atoms with Gasteiger partial charge in [0.05, 0.1) is 5.92 Å². The number of esters is 1. The van der Waals surface area contributed by atoms with Gasteiger partial charge in [-0.25, -0.2) is 0 Å². The monoisotopic (exact) mass is 156 g/mol. The molecule has 0 saturated heterocycles. The largest absolute Gasteiger partial charge is 0.461 e. The van der Waals surface area contributed by atoms with Gasteiger partial charge in [-0.05, 0) is 12.8 Å². The van der Waals surface area contributed by atoms with Gasteiger partial charge in [0, 0.05) is 0 Å². The number of carbonyl (C=O) groups excluding carboxylic acids is 1. The molecule has 0 aromatic rings. The lowest BCUT2D eigenvalue weighted by Crippen LogP contribution is -2.16. The summed E-state index contributed by atoms with van der Waals surface area (Å²) in [6.45, 7) is 7.77. The third kappa shape index (κ3) is 3.81. The summed E-state index contributed by atoms with van der Waals surface area (Å²) in [6, 6.07) is 0. The molecule has 0 unspecified atom stereocenters. The zero-order valence-corrected chi connectivity index (χ0v) is 7.30. The van der Waals surface area contributed by atoms with Crippen molar-refractivity contribution in [2.75, 3.05) is 6.61 Å². The van der Waals surface area contributed by atoms with Crippen LogP contribution in [0.3, 0.4) is 0 Å². The third-order valence-corrected chi connectivity index (χ3v) is 1.66. The van der Waals surface area contributed by atoms with Crippen LogP contribution in [0.5, 0.6) is 0 Å². The molecular weight excluding hydrogens is 140 g/mol. The van der Waals surface area contributed by atoms with E-state index < -0.39 is 0 Å². The van der Waals surface area contributed by atoms with Gasteiger partial charge in [0.2, 0.25) is 0 Å². The first kappa shape index (κ1) is 10.2. The van der Waals surface area contributed by atoms with E-state index in [2.05, 4.69) is 6.58 Å². The van der Waals surface area contributed by atoms with Gasteiger partial charge in [0.25, 0.3) is 0 Å². The molecule has 0 amide bonds. The van der Waals surface area contributed by atoms with Gasteiger partial charge in [0.15, 0.2) is 0 Å². The summed E-state index contributed by atoms with van der Waals surface area (Å²) in [4.78, 5) is 11.1. The Hall–Kier alpha value is -0.790. The van der Waals surface area contributed by atoms with Crippen LogP contribution in [0.2, 0.25) is 0 Å². The minimum absolute atomic E-state index is 0.0648. The fraction of sp³-hybridized carbons (Fsp3) is 0.667. The number of ether oxygens (including phenoxy) is 1. The average molecular weight is 156 g/mol. The third-order valence-electron chi connectivity index (χ3n) is 1.66. The summed E-state index contributed by atoms with van der Waals surface area (Å²) in [6.07, 6.45) is 3.29. The molecule has 0 aliphatic carbocycles. The quantitative estimate of drug-likeness (QED) is 0.450. The van der Waals surface area contributed by atoms with Crippen LogP contribution in [-0.2, 0) is 9.53 Å². The van der Waals surface area contributed by atoms with Crippen molar-refractivity contribution in [2.45, 2.75) is 26.7 Å². The van der Waals surface area contributed by atoms with E-state index in [4.69, 9.17) is 4.74 Å². The van der Waals surface area contributed by atoms with Crippen molar-refractivity contribution in [3.05, 3.63) is 12.7 Å². The maximum Gasteiger partial charge on any atom is 0.309 e. The fourth-order valence-corrected chi connectivity index (χ4v) is 0.881. The van der Waals surface area contributed by atoms with Gasteiger partial charge in [-0.3, -0.25) is 4.79 Å². The van der Waals surface area contributed by atoms with Crippen molar-refractivity contribution in [3.8, 4) is 0 Å². The van der Waals surface area contributed by atoms with Crippen LogP contribution < -0.4 is 0 Å². The lowest BCUT2D eigenvalue weighted by Gasteiger charge is -2.09. The molecule has 0 bridgehead atoms. The molecule has 0 aliphatic rings. The Kier molecular flexibility index (Phi) is 5.53. The van der Waals surface area contributed by atoms with Crippen molar-refractivity contribution in [2.24, 2.45) is 5.92 Å². The number of rotatable bonds is 5. The van der Waals surface area contributed by atoms with Crippen LogP contribution in [0.1, 0.15) is 26.7 Å².